The van der Waals surface area contributed by atoms with Crippen molar-refractivity contribution in [1.29, 1.82) is 0 Å². The summed E-state index contributed by atoms with van der Waals surface area (Å²) in [6.07, 6.45) is 1.000. The minimum atomic E-state index is 0.336. The fourth-order valence-electron chi connectivity index (χ4n) is 2.59. The van der Waals surface area contributed by atoms with Gasteiger partial charge in [-0.2, -0.15) is 0 Å². The van der Waals surface area contributed by atoms with Crippen molar-refractivity contribution in [2.24, 2.45) is 0 Å². The maximum Gasteiger partial charge on any atom is 0.231 e. The van der Waals surface area contributed by atoms with Crippen molar-refractivity contribution in [1.82, 2.24) is 4.90 Å². The van der Waals surface area contributed by atoms with Crippen LogP contribution in [0.5, 0.6) is 11.5 Å². The third kappa shape index (κ3) is 3.37. The van der Waals surface area contributed by atoms with E-state index in [0.717, 1.165) is 24.5 Å². The number of likely N-dealkylation sites (N-methyl/N-ethyl adjacent to an activating group) is 1. The average Bonchev–Trinajstić information content (AvgIpc) is 2.95. The highest BCUT2D eigenvalue weighted by Crippen LogP contribution is 2.32. The van der Waals surface area contributed by atoms with Crippen LogP contribution < -0.4 is 9.47 Å². The van der Waals surface area contributed by atoms with E-state index in [1.807, 2.05) is 6.07 Å². The SMILES string of the molecule is CC(Cc1ccc2c(c1)OCO2)N(C)Cc1ccccc1. The van der Waals surface area contributed by atoms with Gasteiger partial charge >= 0.3 is 0 Å². The van der Waals surface area contributed by atoms with E-state index < -0.39 is 0 Å². The van der Waals surface area contributed by atoms with E-state index in [9.17, 15) is 0 Å². The Balaban J connectivity index is 1.61. The van der Waals surface area contributed by atoms with E-state index in [1.165, 1.54) is 11.1 Å². The van der Waals surface area contributed by atoms with E-state index in [0.29, 0.717) is 12.8 Å². The summed E-state index contributed by atoms with van der Waals surface area (Å²) in [5, 5.41) is 0. The van der Waals surface area contributed by atoms with Gasteiger partial charge in [0, 0.05) is 12.6 Å². The van der Waals surface area contributed by atoms with E-state index in [4.69, 9.17) is 9.47 Å². The fraction of sp³-hybridized carbons (Fsp3) is 0.333. The Labute approximate surface area is 126 Å². The molecule has 0 N–H and O–H groups in total. The molecule has 3 rings (SSSR count). The van der Waals surface area contributed by atoms with Crippen LogP contribution in [0.4, 0.5) is 0 Å². The van der Waals surface area contributed by atoms with Gasteiger partial charge in [-0.25, -0.2) is 0 Å². The Morgan fingerprint density at radius 1 is 1.00 bits per heavy atom. The number of benzene rings is 2. The first-order chi connectivity index (χ1) is 10.2. The minimum absolute atomic E-state index is 0.336. The Hall–Kier alpha value is -2.00. The molecule has 3 heteroatoms. The van der Waals surface area contributed by atoms with Crippen molar-refractivity contribution in [3.8, 4) is 11.5 Å². The van der Waals surface area contributed by atoms with Crippen LogP contribution in [-0.4, -0.2) is 24.8 Å². The molecule has 1 aliphatic heterocycles. The lowest BCUT2D eigenvalue weighted by Gasteiger charge is -2.25. The van der Waals surface area contributed by atoms with E-state index in [1.54, 1.807) is 0 Å². The topological polar surface area (TPSA) is 21.7 Å². The Bertz CT molecular complexity index is 597. The van der Waals surface area contributed by atoms with Gasteiger partial charge in [-0.05, 0) is 43.7 Å². The van der Waals surface area contributed by atoms with E-state index in [-0.39, 0.29) is 0 Å². The molecule has 0 aliphatic carbocycles. The normalized spacial score (nSPS) is 14.4. The standard InChI is InChI=1S/C18H21NO2/c1-14(19(2)12-15-6-4-3-5-7-15)10-16-8-9-17-18(11-16)21-13-20-17/h3-9,11,14H,10,12-13H2,1-2H3. The van der Waals surface area contributed by atoms with Crippen molar-refractivity contribution in [2.75, 3.05) is 13.8 Å². The van der Waals surface area contributed by atoms with Crippen molar-refractivity contribution in [2.45, 2.75) is 25.9 Å². The van der Waals surface area contributed by atoms with Crippen molar-refractivity contribution in [3.05, 3.63) is 59.7 Å². The van der Waals surface area contributed by atoms with Gasteiger partial charge in [-0.3, -0.25) is 4.90 Å². The summed E-state index contributed by atoms with van der Waals surface area (Å²) in [6.45, 7) is 3.56. The fourth-order valence-corrected chi connectivity index (χ4v) is 2.59. The Morgan fingerprint density at radius 2 is 1.76 bits per heavy atom. The average molecular weight is 283 g/mol. The molecule has 1 unspecified atom stereocenters. The number of ether oxygens (including phenoxy) is 2. The molecule has 1 aliphatic rings. The lowest BCUT2D eigenvalue weighted by Crippen LogP contribution is -2.30. The summed E-state index contributed by atoms with van der Waals surface area (Å²) >= 11 is 0. The molecule has 0 amide bonds. The van der Waals surface area contributed by atoms with E-state index in [2.05, 4.69) is 61.3 Å². The summed E-state index contributed by atoms with van der Waals surface area (Å²) in [6, 6.07) is 17.3. The van der Waals surface area contributed by atoms with Gasteiger partial charge in [0.05, 0.1) is 0 Å². The van der Waals surface area contributed by atoms with Gasteiger partial charge in [0.2, 0.25) is 6.79 Å². The summed E-state index contributed by atoms with van der Waals surface area (Å²) in [5.74, 6) is 1.72. The van der Waals surface area contributed by atoms with Crippen LogP contribution in [-0.2, 0) is 13.0 Å². The smallest absolute Gasteiger partial charge is 0.231 e. The first-order valence-electron chi connectivity index (χ1n) is 7.35. The molecule has 2 aromatic carbocycles. The molecule has 0 fully saturated rings. The molecule has 21 heavy (non-hydrogen) atoms. The van der Waals surface area contributed by atoms with Gasteiger partial charge in [0.25, 0.3) is 0 Å². The second kappa shape index (κ2) is 6.19. The van der Waals surface area contributed by atoms with Crippen LogP contribution in [0.25, 0.3) is 0 Å². The zero-order chi connectivity index (χ0) is 14.7. The minimum Gasteiger partial charge on any atom is -0.454 e. The van der Waals surface area contributed by atoms with Crippen LogP contribution in [0.15, 0.2) is 48.5 Å². The van der Waals surface area contributed by atoms with Gasteiger partial charge < -0.3 is 9.47 Å². The molecule has 3 nitrogen and oxygen atoms in total. The number of hydrogen-bond acceptors (Lipinski definition) is 3. The molecule has 0 saturated heterocycles. The van der Waals surface area contributed by atoms with Crippen LogP contribution >= 0.6 is 0 Å². The molecule has 1 heterocycles. The van der Waals surface area contributed by atoms with Crippen LogP contribution in [0.1, 0.15) is 18.1 Å². The number of fused-ring (bicyclic) bond motifs is 1. The van der Waals surface area contributed by atoms with Crippen LogP contribution in [0, 0.1) is 0 Å². The molecule has 1 atom stereocenters. The lowest BCUT2D eigenvalue weighted by molar-refractivity contribution is 0.174. The molecule has 110 valence electrons. The molecule has 0 spiro atoms. The highest BCUT2D eigenvalue weighted by Gasteiger charge is 2.15. The zero-order valence-electron chi connectivity index (χ0n) is 12.6. The monoisotopic (exact) mass is 283 g/mol. The third-order valence-corrected chi connectivity index (χ3v) is 4.00. The second-order valence-corrected chi connectivity index (χ2v) is 5.64. The number of rotatable bonds is 5. The number of hydrogen-bond donors (Lipinski definition) is 0. The summed E-state index contributed by atoms with van der Waals surface area (Å²) < 4.78 is 10.8. The van der Waals surface area contributed by atoms with Gasteiger partial charge in [0.1, 0.15) is 0 Å². The molecular formula is C18H21NO2. The van der Waals surface area contributed by atoms with E-state index >= 15 is 0 Å². The van der Waals surface area contributed by atoms with Crippen LogP contribution in [0.3, 0.4) is 0 Å². The molecule has 0 saturated carbocycles. The third-order valence-electron chi connectivity index (χ3n) is 4.00. The number of nitrogens with zero attached hydrogens (tertiary/aromatic N) is 1. The van der Waals surface area contributed by atoms with Crippen LogP contribution in [0.2, 0.25) is 0 Å². The predicted octanol–water partition coefficient (Wildman–Crippen LogP) is 3.48. The first kappa shape index (κ1) is 14.0. The lowest BCUT2D eigenvalue weighted by atomic mass is 10.0. The van der Waals surface area contributed by atoms with Crippen molar-refractivity contribution >= 4 is 0 Å². The predicted molar refractivity (Wildman–Crippen MR) is 83.6 cm³/mol. The Morgan fingerprint density at radius 3 is 2.57 bits per heavy atom. The Kier molecular flexibility index (Phi) is 4.11. The molecular weight excluding hydrogens is 262 g/mol. The maximum absolute atomic E-state index is 5.44. The van der Waals surface area contributed by atoms with Gasteiger partial charge in [-0.15, -0.1) is 0 Å². The second-order valence-electron chi connectivity index (χ2n) is 5.64. The largest absolute Gasteiger partial charge is 0.454 e. The summed E-state index contributed by atoms with van der Waals surface area (Å²) in [7, 11) is 2.17. The first-order valence-corrected chi connectivity index (χ1v) is 7.35. The quantitative estimate of drug-likeness (QED) is 0.838. The van der Waals surface area contributed by atoms with Crippen molar-refractivity contribution < 1.29 is 9.47 Å². The molecule has 0 aromatic heterocycles. The summed E-state index contributed by atoms with van der Waals surface area (Å²) in [4.78, 5) is 2.37. The zero-order valence-corrected chi connectivity index (χ0v) is 12.6. The molecule has 2 aromatic rings. The molecule has 0 radical (unpaired) electrons. The maximum atomic E-state index is 5.44. The molecule has 0 bridgehead atoms. The highest BCUT2D eigenvalue weighted by atomic mass is 16.7. The van der Waals surface area contributed by atoms with Crippen molar-refractivity contribution in [3.63, 3.8) is 0 Å². The van der Waals surface area contributed by atoms with Gasteiger partial charge in [0.15, 0.2) is 11.5 Å². The highest BCUT2D eigenvalue weighted by molar-refractivity contribution is 5.44. The summed E-state index contributed by atoms with van der Waals surface area (Å²) in [5.41, 5.74) is 2.63. The van der Waals surface area contributed by atoms with Gasteiger partial charge in [-0.1, -0.05) is 36.4 Å².